The van der Waals surface area contributed by atoms with Gasteiger partial charge in [-0.1, -0.05) is 24.3 Å². The number of benzene rings is 3. The van der Waals surface area contributed by atoms with Crippen molar-refractivity contribution in [2.75, 3.05) is 11.5 Å². The van der Waals surface area contributed by atoms with E-state index in [0.29, 0.717) is 29.2 Å². The number of Topliss-reactive ketones (excluding diaryl/α,β-unsaturated/α-hetero) is 1. The fourth-order valence-electron chi connectivity index (χ4n) is 4.83. The number of ether oxygens (including phenoxy) is 2. The first-order valence-electron chi connectivity index (χ1n) is 11.8. The molecule has 2 unspecified atom stereocenters. The number of rotatable bonds is 5. The Kier molecular flexibility index (Phi) is 5.81. The molecule has 5 rings (SSSR count). The van der Waals surface area contributed by atoms with Crippen LogP contribution in [0.1, 0.15) is 42.1 Å². The molecule has 0 aliphatic carbocycles. The van der Waals surface area contributed by atoms with Crippen LogP contribution in [0.5, 0.6) is 11.5 Å². The molecule has 6 nitrogen and oxygen atoms in total. The maximum atomic E-state index is 13.4. The third kappa shape index (κ3) is 4.05. The van der Waals surface area contributed by atoms with Crippen molar-refractivity contribution in [2.24, 2.45) is 0 Å². The van der Waals surface area contributed by atoms with Crippen LogP contribution >= 0.6 is 0 Å². The van der Waals surface area contributed by atoms with Crippen LogP contribution in [0.15, 0.2) is 72.3 Å². The zero-order valence-electron chi connectivity index (χ0n) is 19.9. The molecule has 0 bridgehead atoms. The minimum Gasteiger partial charge on any atom is -0.507 e. The van der Waals surface area contributed by atoms with E-state index in [4.69, 9.17) is 9.47 Å². The average molecular weight is 470 g/mol. The number of hydrogen-bond acceptors (Lipinski definition) is 5. The number of hydrogen-bond donors (Lipinski definition) is 1. The molecule has 3 aromatic rings. The zero-order chi connectivity index (χ0) is 24.7. The lowest BCUT2D eigenvalue weighted by atomic mass is 9.94. The smallest absolute Gasteiger partial charge is 0.300 e. The average Bonchev–Trinajstić information content (AvgIpc) is 3.35. The monoisotopic (exact) mass is 469 g/mol. The topological polar surface area (TPSA) is 76.1 Å². The molecular weight excluding hydrogens is 442 g/mol. The molecule has 1 fully saturated rings. The van der Waals surface area contributed by atoms with E-state index in [-0.39, 0.29) is 17.4 Å². The quantitative estimate of drug-likeness (QED) is 0.310. The Bertz CT molecular complexity index is 1340. The number of fused-ring (bicyclic) bond motifs is 1. The number of carbonyl (C=O) groups excluding carboxylic acids is 2. The standard InChI is InChI=1S/C29H27NO5/c1-4-34-23-11-8-19(9-12-23)26-25(27(31)20-10-13-24-21(16-20)15-18(3)35-24)28(32)29(33)30(26)22-7-5-6-17(2)14-22/h5-14,16,18,26,31H,4,15H2,1-3H3/b27-25-. The van der Waals surface area contributed by atoms with Gasteiger partial charge in [0, 0.05) is 17.7 Å². The second-order valence-electron chi connectivity index (χ2n) is 8.97. The molecule has 2 heterocycles. The number of aliphatic hydroxyl groups is 1. The molecule has 1 amide bonds. The predicted molar refractivity (Wildman–Crippen MR) is 134 cm³/mol. The molecule has 1 N–H and O–H groups in total. The number of carbonyl (C=O) groups is 2. The van der Waals surface area contributed by atoms with Crippen LogP contribution in [0.2, 0.25) is 0 Å². The highest BCUT2D eigenvalue weighted by atomic mass is 16.5. The Balaban J connectivity index is 1.67. The van der Waals surface area contributed by atoms with E-state index in [9.17, 15) is 14.7 Å². The summed E-state index contributed by atoms with van der Waals surface area (Å²) in [6, 6.07) is 19.3. The number of aliphatic hydroxyl groups excluding tert-OH is 1. The number of anilines is 1. The molecule has 3 aromatic carbocycles. The summed E-state index contributed by atoms with van der Waals surface area (Å²) in [4.78, 5) is 28.2. The second kappa shape index (κ2) is 8.95. The van der Waals surface area contributed by atoms with Crippen molar-refractivity contribution in [3.05, 3.63) is 94.6 Å². The minimum atomic E-state index is -0.782. The van der Waals surface area contributed by atoms with Crippen LogP contribution < -0.4 is 14.4 Å². The summed E-state index contributed by atoms with van der Waals surface area (Å²) in [6.07, 6.45) is 0.772. The molecule has 1 saturated heterocycles. The van der Waals surface area contributed by atoms with E-state index in [2.05, 4.69) is 0 Å². The van der Waals surface area contributed by atoms with Gasteiger partial charge in [0.15, 0.2) is 0 Å². The van der Waals surface area contributed by atoms with Gasteiger partial charge in [0.05, 0.1) is 18.2 Å². The maximum Gasteiger partial charge on any atom is 0.300 e. The molecule has 0 radical (unpaired) electrons. The van der Waals surface area contributed by atoms with E-state index < -0.39 is 17.7 Å². The predicted octanol–water partition coefficient (Wildman–Crippen LogP) is 5.34. The number of aryl methyl sites for hydroxylation is 1. The zero-order valence-corrected chi connectivity index (χ0v) is 19.9. The summed E-state index contributed by atoms with van der Waals surface area (Å²) in [5.74, 6) is -0.115. The van der Waals surface area contributed by atoms with E-state index in [1.807, 2.05) is 69.3 Å². The van der Waals surface area contributed by atoms with Crippen molar-refractivity contribution in [1.29, 1.82) is 0 Å². The molecule has 35 heavy (non-hydrogen) atoms. The van der Waals surface area contributed by atoms with Gasteiger partial charge in [0.1, 0.15) is 23.4 Å². The first kappa shape index (κ1) is 22.7. The van der Waals surface area contributed by atoms with Gasteiger partial charge in [-0.05, 0) is 79.9 Å². The normalized spacial score (nSPS) is 20.6. The van der Waals surface area contributed by atoms with Crippen LogP contribution in [0, 0.1) is 6.92 Å². The van der Waals surface area contributed by atoms with E-state index >= 15 is 0 Å². The minimum absolute atomic E-state index is 0.0538. The fourth-order valence-corrected chi connectivity index (χ4v) is 4.83. The van der Waals surface area contributed by atoms with Gasteiger partial charge in [-0.15, -0.1) is 0 Å². The number of amides is 1. The molecule has 2 aliphatic heterocycles. The molecule has 0 aromatic heterocycles. The highest BCUT2D eigenvalue weighted by molar-refractivity contribution is 6.51. The Labute approximate surface area is 204 Å². The van der Waals surface area contributed by atoms with Crippen molar-refractivity contribution in [3.8, 4) is 11.5 Å². The van der Waals surface area contributed by atoms with E-state index in [1.165, 1.54) is 4.90 Å². The molecule has 2 aliphatic rings. The largest absolute Gasteiger partial charge is 0.507 e. The third-order valence-electron chi connectivity index (χ3n) is 6.40. The Morgan fingerprint density at radius 2 is 1.86 bits per heavy atom. The third-order valence-corrected chi connectivity index (χ3v) is 6.40. The first-order chi connectivity index (χ1) is 16.9. The van der Waals surface area contributed by atoms with E-state index in [0.717, 1.165) is 23.3 Å². The summed E-state index contributed by atoms with van der Waals surface area (Å²) >= 11 is 0. The van der Waals surface area contributed by atoms with Crippen molar-refractivity contribution in [3.63, 3.8) is 0 Å². The Morgan fingerprint density at radius 3 is 2.57 bits per heavy atom. The summed E-state index contributed by atoms with van der Waals surface area (Å²) in [6.45, 7) is 6.35. The highest BCUT2D eigenvalue weighted by Crippen LogP contribution is 2.43. The summed E-state index contributed by atoms with van der Waals surface area (Å²) in [7, 11) is 0. The molecular formula is C29H27NO5. The van der Waals surface area contributed by atoms with Gasteiger partial charge in [-0.2, -0.15) is 0 Å². The molecule has 178 valence electrons. The molecule has 6 heteroatoms. The Morgan fingerprint density at radius 1 is 1.09 bits per heavy atom. The van der Waals surface area contributed by atoms with Crippen molar-refractivity contribution >= 4 is 23.1 Å². The van der Waals surface area contributed by atoms with Gasteiger partial charge in [-0.25, -0.2) is 0 Å². The number of ketones is 1. The van der Waals surface area contributed by atoms with Crippen molar-refractivity contribution in [2.45, 2.75) is 39.3 Å². The lowest BCUT2D eigenvalue weighted by molar-refractivity contribution is -0.132. The lowest BCUT2D eigenvalue weighted by Crippen LogP contribution is -2.29. The van der Waals surface area contributed by atoms with Crippen LogP contribution in [-0.2, 0) is 16.0 Å². The highest BCUT2D eigenvalue weighted by Gasteiger charge is 2.47. The molecule has 2 atom stereocenters. The Hall–Kier alpha value is -4.06. The summed E-state index contributed by atoms with van der Waals surface area (Å²) in [5, 5.41) is 11.4. The molecule has 0 spiro atoms. The van der Waals surface area contributed by atoms with Crippen LogP contribution in [0.4, 0.5) is 5.69 Å². The van der Waals surface area contributed by atoms with Crippen molar-refractivity contribution < 1.29 is 24.2 Å². The van der Waals surface area contributed by atoms with Gasteiger partial charge in [0.25, 0.3) is 11.7 Å². The fraction of sp³-hybridized carbons (Fsp3) is 0.241. The van der Waals surface area contributed by atoms with Gasteiger partial charge in [0.2, 0.25) is 0 Å². The SMILES string of the molecule is CCOc1ccc(C2/C(=C(/O)c3ccc4c(c3)CC(C)O4)C(=O)C(=O)N2c2cccc(C)c2)cc1. The molecule has 0 saturated carbocycles. The van der Waals surface area contributed by atoms with Crippen molar-refractivity contribution in [1.82, 2.24) is 0 Å². The summed E-state index contributed by atoms with van der Waals surface area (Å²) in [5.41, 5.74) is 3.77. The first-order valence-corrected chi connectivity index (χ1v) is 11.8. The van der Waals surface area contributed by atoms with Gasteiger partial charge < -0.3 is 14.6 Å². The maximum absolute atomic E-state index is 13.4. The number of nitrogens with zero attached hydrogens (tertiary/aromatic N) is 1. The summed E-state index contributed by atoms with van der Waals surface area (Å²) < 4.78 is 11.3. The second-order valence-corrected chi connectivity index (χ2v) is 8.97. The van der Waals surface area contributed by atoms with Gasteiger partial charge in [-0.3, -0.25) is 14.5 Å². The van der Waals surface area contributed by atoms with E-state index in [1.54, 1.807) is 18.2 Å². The van der Waals surface area contributed by atoms with Crippen LogP contribution in [0.25, 0.3) is 5.76 Å². The lowest BCUT2D eigenvalue weighted by Gasteiger charge is -2.26. The van der Waals surface area contributed by atoms with Gasteiger partial charge >= 0.3 is 0 Å². The van der Waals surface area contributed by atoms with Crippen LogP contribution in [-0.4, -0.2) is 29.5 Å². The van der Waals surface area contributed by atoms with Crippen LogP contribution in [0.3, 0.4) is 0 Å².